The molecule has 0 amide bonds. The maximum absolute atomic E-state index is 5.63. The normalized spacial score (nSPS) is 16.8. The van der Waals surface area contributed by atoms with Crippen LogP contribution in [0.5, 0.6) is 0 Å². The minimum atomic E-state index is 0.394. The Morgan fingerprint density at radius 3 is 2.88 bits per heavy atom. The second kappa shape index (κ2) is 8.66. The second-order valence-corrected chi connectivity index (χ2v) is 8.29. The lowest BCUT2D eigenvalue weighted by Crippen LogP contribution is -2.25. The standard InChI is InChI=1S/C25H28N8/c1-16(29-20(13-27)6-8-26)24-11-17-2-4-22(12-25(17)31-24)33-9-7-21(15-33)30-19-3-5-23-18(10-19)14-28-32-23/h2-6,8,10-14,21,29-31H,1,7,9,15,26-27H2,(H,28,32)/b8-6-,20-13+. The molecule has 8 N–H and O–H groups in total. The van der Waals surface area contributed by atoms with Crippen molar-refractivity contribution in [3.8, 4) is 0 Å². The average Bonchev–Trinajstić information content (AvgIpc) is 3.57. The number of nitrogens with one attached hydrogen (secondary N) is 4. The molecular weight excluding hydrogens is 412 g/mol. The molecule has 0 radical (unpaired) electrons. The van der Waals surface area contributed by atoms with Gasteiger partial charge in [0.05, 0.1) is 28.8 Å². The number of fused-ring (bicyclic) bond motifs is 2. The SMILES string of the molecule is C=C(NC(/C=C\N)=C/N)c1cc2ccc(N3CCC(Nc4ccc5[nH]ncc5c4)C3)cc2[nH]1. The van der Waals surface area contributed by atoms with Crippen molar-refractivity contribution in [2.45, 2.75) is 12.5 Å². The van der Waals surface area contributed by atoms with E-state index in [1.807, 2.05) is 6.20 Å². The van der Waals surface area contributed by atoms with E-state index in [-0.39, 0.29) is 0 Å². The first kappa shape index (κ1) is 20.6. The minimum absolute atomic E-state index is 0.394. The first-order valence-electron chi connectivity index (χ1n) is 11.0. The highest BCUT2D eigenvalue weighted by Crippen LogP contribution is 2.28. The quantitative estimate of drug-likeness (QED) is 0.244. The molecule has 168 valence electrons. The molecule has 1 fully saturated rings. The second-order valence-electron chi connectivity index (χ2n) is 8.29. The van der Waals surface area contributed by atoms with E-state index in [2.05, 4.69) is 79.8 Å². The van der Waals surface area contributed by atoms with Crippen molar-refractivity contribution in [3.63, 3.8) is 0 Å². The van der Waals surface area contributed by atoms with Gasteiger partial charge < -0.3 is 32.0 Å². The van der Waals surface area contributed by atoms with Crippen LogP contribution in [0, 0.1) is 0 Å². The fourth-order valence-corrected chi connectivity index (χ4v) is 4.34. The highest BCUT2D eigenvalue weighted by molar-refractivity contribution is 5.87. The lowest BCUT2D eigenvalue weighted by Gasteiger charge is -2.19. The number of benzene rings is 2. The third kappa shape index (κ3) is 4.23. The van der Waals surface area contributed by atoms with E-state index in [0.717, 1.165) is 58.4 Å². The fourth-order valence-electron chi connectivity index (χ4n) is 4.34. The van der Waals surface area contributed by atoms with Crippen LogP contribution in [-0.2, 0) is 0 Å². The summed E-state index contributed by atoms with van der Waals surface area (Å²) in [5.74, 6) is 0. The summed E-state index contributed by atoms with van der Waals surface area (Å²) in [5, 5.41) is 16.2. The van der Waals surface area contributed by atoms with Crippen LogP contribution in [0.3, 0.4) is 0 Å². The number of aromatic nitrogens is 3. The molecule has 3 heterocycles. The molecule has 8 heteroatoms. The van der Waals surface area contributed by atoms with Crippen LogP contribution >= 0.6 is 0 Å². The maximum Gasteiger partial charge on any atom is 0.0651 e. The summed E-state index contributed by atoms with van der Waals surface area (Å²) < 4.78 is 0. The number of H-pyrrole nitrogens is 2. The molecule has 1 unspecified atom stereocenters. The van der Waals surface area contributed by atoms with Gasteiger partial charge in [0.15, 0.2) is 0 Å². The van der Waals surface area contributed by atoms with Crippen LogP contribution in [0.15, 0.2) is 79.4 Å². The molecule has 4 aromatic rings. The van der Waals surface area contributed by atoms with Gasteiger partial charge in [0.2, 0.25) is 0 Å². The lowest BCUT2D eigenvalue weighted by molar-refractivity contribution is 0.807. The summed E-state index contributed by atoms with van der Waals surface area (Å²) in [6.07, 6.45) is 7.52. The van der Waals surface area contributed by atoms with Crippen LogP contribution in [0.1, 0.15) is 12.1 Å². The molecular formula is C25H28N8. The highest BCUT2D eigenvalue weighted by atomic mass is 15.2. The smallest absolute Gasteiger partial charge is 0.0651 e. The summed E-state index contributed by atoms with van der Waals surface area (Å²) in [5.41, 5.74) is 17.9. The number of nitrogens with zero attached hydrogens (tertiary/aromatic N) is 2. The van der Waals surface area contributed by atoms with Crippen molar-refractivity contribution in [1.82, 2.24) is 20.5 Å². The monoisotopic (exact) mass is 440 g/mol. The Bertz CT molecular complexity index is 1360. The number of nitrogens with two attached hydrogens (primary N) is 2. The maximum atomic E-state index is 5.63. The van der Waals surface area contributed by atoms with Gasteiger partial charge in [0.1, 0.15) is 0 Å². The minimum Gasteiger partial charge on any atom is -0.405 e. The van der Waals surface area contributed by atoms with Crippen LogP contribution in [0.2, 0.25) is 0 Å². The van der Waals surface area contributed by atoms with Crippen LogP contribution < -0.4 is 27.0 Å². The first-order valence-corrected chi connectivity index (χ1v) is 11.0. The largest absolute Gasteiger partial charge is 0.405 e. The zero-order valence-corrected chi connectivity index (χ0v) is 18.3. The summed E-state index contributed by atoms with van der Waals surface area (Å²) in [7, 11) is 0. The summed E-state index contributed by atoms with van der Waals surface area (Å²) in [6, 6.07) is 15.3. The number of anilines is 2. The van der Waals surface area contributed by atoms with E-state index >= 15 is 0 Å². The summed E-state index contributed by atoms with van der Waals surface area (Å²) in [4.78, 5) is 5.88. The number of hydrogen-bond donors (Lipinski definition) is 6. The fraction of sp³-hybridized carbons (Fsp3) is 0.160. The van der Waals surface area contributed by atoms with Crippen LogP contribution in [0.4, 0.5) is 11.4 Å². The van der Waals surface area contributed by atoms with Gasteiger partial charge >= 0.3 is 0 Å². The molecule has 1 atom stereocenters. The molecule has 0 aliphatic carbocycles. The van der Waals surface area contributed by atoms with E-state index in [9.17, 15) is 0 Å². The number of rotatable bonds is 7. The Morgan fingerprint density at radius 1 is 1.12 bits per heavy atom. The van der Waals surface area contributed by atoms with Crippen molar-refractivity contribution in [3.05, 3.63) is 85.1 Å². The van der Waals surface area contributed by atoms with Gasteiger partial charge in [-0.15, -0.1) is 0 Å². The predicted octanol–water partition coefficient (Wildman–Crippen LogP) is 3.57. The molecule has 1 aliphatic heterocycles. The van der Waals surface area contributed by atoms with Crippen molar-refractivity contribution in [1.29, 1.82) is 0 Å². The third-order valence-electron chi connectivity index (χ3n) is 6.05. The van der Waals surface area contributed by atoms with E-state index in [0.29, 0.717) is 11.7 Å². The molecule has 2 aromatic heterocycles. The molecule has 8 nitrogen and oxygen atoms in total. The molecule has 0 bridgehead atoms. The van der Waals surface area contributed by atoms with Gasteiger partial charge in [-0.1, -0.05) is 12.6 Å². The van der Waals surface area contributed by atoms with Gasteiger partial charge in [-0.05, 0) is 55.1 Å². The Kier molecular flexibility index (Phi) is 5.40. The first-order chi connectivity index (χ1) is 16.1. The van der Waals surface area contributed by atoms with E-state index in [1.54, 1.807) is 6.08 Å². The molecule has 2 aromatic carbocycles. The molecule has 1 saturated heterocycles. The van der Waals surface area contributed by atoms with E-state index < -0.39 is 0 Å². The average molecular weight is 441 g/mol. The zero-order chi connectivity index (χ0) is 22.8. The Morgan fingerprint density at radius 2 is 2.03 bits per heavy atom. The van der Waals surface area contributed by atoms with E-state index in [4.69, 9.17) is 11.5 Å². The zero-order valence-electron chi connectivity index (χ0n) is 18.3. The van der Waals surface area contributed by atoms with Gasteiger partial charge in [-0.25, -0.2) is 0 Å². The van der Waals surface area contributed by atoms with Gasteiger partial charge in [-0.3, -0.25) is 5.10 Å². The van der Waals surface area contributed by atoms with Crippen molar-refractivity contribution >= 4 is 38.9 Å². The van der Waals surface area contributed by atoms with Crippen LogP contribution in [0.25, 0.3) is 27.5 Å². The molecule has 33 heavy (non-hydrogen) atoms. The highest BCUT2D eigenvalue weighted by Gasteiger charge is 2.23. The van der Waals surface area contributed by atoms with Crippen molar-refractivity contribution in [2.24, 2.45) is 11.5 Å². The molecule has 0 saturated carbocycles. The molecule has 5 rings (SSSR count). The Balaban J connectivity index is 1.27. The van der Waals surface area contributed by atoms with Crippen LogP contribution in [-0.4, -0.2) is 34.3 Å². The summed E-state index contributed by atoms with van der Waals surface area (Å²) >= 11 is 0. The Labute approximate surface area is 192 Å². The molecule has 1 aliphatic rings. The topological polar surface area (TPSA) is 124 Å². The van der Waals surface area contributed by atoms with Gasteiger partial charge in [0, 0.05) is 53.0 Å². The van der Waals surface area contributed by atoms with Gasteiger partial charge in [-0.2, -0.15) is 5.10 Å². The lowest BCUT2D eigenvalue weighted by atomic mass is 10.2. The van der Waals surface area contributed by atoms with Crippen molar-refractivity contribution in [2.75, 3.05) is 23.3 Å². The third-order valence-corrected chi connectivity index (χ3v) is 6.05. The van der Waals surface area contributed by atoms with Gasteiger partial charge in [0.25, 0.3) is 0 Å². The number of allylic oxidation sites excluding steroid dienone is 1. The number of aromatic amines is 2. The van der Waals surface area contributed by atoms with Crippen molar-refractivity contribution < 1.29 is 0 Å². The predicted molar refractivity (Wildman–Crippen MR) is 136 cm³/mol. The number of hydrogen-bond acceptors (Lipinski definition) is 6. The molecule has 0 spiro atoms. The summed E-state index contributed by atoms with van der Waals surface area (Å²) in [6.45, 7) is 6.08. The Hall–Kier alpha value is -4.33. The van der Waals surface area contributed by atoms with E-state index in [1.165, 1.54) is 18.1 Å².